The number of aromatic nitrogens is 2. The lowest BCUT2D eigenvalue weighted by atomic mass is 10.2. The van der Waals surface area contributed by atoms with Crippen LogP contribution in [0.5, 0.6) is 0 Å². The summed E-state index contributed by atoms with van der Waals surface area (Å²) >= 11 is 5.81. The zero-order valence-electron chi connectivity index (χ0n) is 7.29. The molecule has 1 heterocycles. The molecule has 1 aromatic rings. The average molecular weight is 189 g/mol. The fourth-order valence-electron chi connectivity index (χ4n) is 1.05. The van der Waals surface area contributed by atoms with E-state index in [1.807, 2.05) is 11.6 Å². The Kier molecular flexibility index (Phi) is 3.12. The molecular weight excluding hydrogens is 176 g/mol. The van der Waals surface area contributed by atoms with Gasteiger partial charge in [0.05, 0.1) is 18.1 Å². The van der Waals surface area contributed by atoms with Crippen molar-refractivity contribution in [2.45, 2.75) is 25.9 Å². The van der Waals surface area contributed by atoms with Gasteiger partial charge in [0.15, 0.2) is 0 Å². The van der Waals surface area contributed by atoms with Gasteiger partial charge in [0.1, 0.15) is 5.15 Å². The summed E-state index contributed by atoms with van der Waals surface area (Å²) in [5.41, 5.74) is 0.984. The highest BCUT2D eigenvalue weighted by Gasteiger charge is 2.06. The molecule has 0 aliphatic carbocycles. The molecule has 0 unspecified atom stereocenters. The highest BCUT2D eigenvalue weighted by atomic mass is 35.5. The fourth-order valence-corrected chi connectivity index (χ4v) is 1.32. The van der Waals surface area contributed by atoms with E-state index in [-0.39, 0.29) is 6.10 Å². The molecule has 0 aliphatic rings. The first kappa shape index (κ1) is 9.55. The van der Waals surface area contributed by atoms with Crippen molar-refractivity contribution in [2.75, 3.05) is 0 Å². The van der Waals surface area contributed by atoms with Crippen LogP contribution in [-0.4, -0.2) is 20.8 Å². The Morgan fingerprint density at radius 1 is 1.75 bits per heavy atom. The van der Waals surface area contributed by atoms with Crippen LogP contribution in [0.1, 0.15) is 19.0 Å². The minimum Gasteiger partial charge on any atom is -0.393 e. The minimum absolute atomic E-state index is 0.282. The van der Waals surface area contributed by atoms with Gasteiger partial charge in [0.25, 0.3) is 0 Å². The molecule has 1 rings (SSSR count). The van der Waals surface area contributed by atoms with E-state index in [1.165, 1.54) is 0 Å². The summed E-state index contributed by atoms with van der Waals surface area (Å²) in [7, 11) is 1.90. The van der Waals surface area contributed by atoms with Crippen LogP contribution in [0.2, 0.25) is 5.15 Å². The van der Waals surface area contributed by atoms with Gasteiger partial charge in [0.2, 0.25) is 0 Å². The van der Waals surface area contributed by atoms with Gasteiger partial charge < -0.3 is 9.67 Å². The van der Waals surface area contributed by atoms with Crippen LogP contribution in [0.25, 0.3) is 0 Å². The maximum absolute atomic E-state index is 9.06. The number of nitrogens with zero attached hydrogens (tertiary/aromatic N) is 2. The van der Waals surface area contributed by atoms with E-state index in [0.717, 1.165) is 18.5 Å². The van der Waals surface area contributed by atoms with Crippen molar-refractivity contribution in [1.29, 1.82) is 0 Å². The van der Waals surface area contributed by atoms with Gasteiger partial charge in [-0.15, -0.1) is 0 Å². The Balaban J connectivity index is 2.62. The smallest absolute Gasteiger partial charge is 0.150 e. The molecule has 0 aliphatic heterocycles. The number of aliphatic hydroxyl groups excluding tert-OH is 1. The molecule has 1 aromatic heterocycles. The molecule has 0 aromatic carbocycles. The van der Waals surface area contributed by atoms with Crippen LogP contribution in [0.4, 0.5) is 0 Å². The standard InChI is InChI=1S/C8H13ClN2O/c1-6(12)3-4-7-8(9)10-5-11(7)2/h5-6,12H,3-4H2,1-2H3/t6-/m1/s1. The van der Waals surface area contributed by atoms with E-state index >= 15 is 0 Å². The SMILES string of the molecule is C[C@@H](O)CCc1c(Cl)ncn1C. The first-order chi connectivity index (χ1) is 5.61. The zero-order chi connectivity index (χ0) is 9.14. The number of imidazole rings is 1. The predicted octanol–water partition coefficient (Wildman–Crippen LogP) is 1.39. The summed E-state index contributed by atoms with van der Waals surface area (Å²) in [5, 5.41) is 9.60. The molecule has 68 valence electrons. The molecule has 1 N–H and O–H groups in total. The number of halogens is 1. The molecule has 4 heteroatoms. The van der Waals surface area contributed by atoms with Crippen molar-refractivity contribution in [3.8, 4) is 0 Å². The molecular formula is C8H13ClN2O. The molecule has 3 nitrogen and oxygen atoms in total. The van der Waals surface area contributed by atoms with Gasteiger partial charge in [-0.05, 0) is 19.8 Å². The van der Waals surface area contributed by atoms with Gasteiger partial charge in [0, 0.05) is 7.05 Å². The Morgan fingerprint density at radius 2 is 2.42 bits per heavy atom. The largest absolute Gasteiger partial charge is 0.393 e. The zero-order valence-corrected chi connectivity index (χ0v) is 8.04. The second-order valence-corrected chi connectivity index (χ2v) is 3.34. The van der Waals surface area contributed by atoms with Crippen LogP contribution in [0.3, 0.4) is 0 Å². The van der Waals surface area contributed by atoms with Crippen LogP contribution in [-0.2, 0) is 13.5 Å². The van der Waals surface area contributed by atoms with E-state index in [2.05, 4.69) is 4.98 Å². The molecule has 1 atom stereocenters. The van der Waals surface area contributed by atoms with Crippen LogP contribution >= 0.6 is 11.6 Å². The molecule has 12 heavy (non-hydrogen) atoms. The molecule has 0 radical (unpaired) electrons. The van der Waals surface area contributed by atoms with Gasteiger partial charge in [-0.2, -0.15) is 0 Å². The molecule has 0 bridgehead atoms. The molecule has 0 spiro atoms. The molecule has 0 fully saturated rings. The lowest BCUT2D eigenvalue weighted by Crippen LogP contribution is -2.04. The third kappa shape index (κ3) is 2.22. The fraction of sp³-hybridized carbons (Fsp3) is 0.625. The van der Waals surface area contributed by atoms with Crippen LogP contribution < -0.4 is 0 Å². The Morgan fingerprint density at radius 3 is 2.83 bits per heavy atom. The molecule has 0 saturated heterocycles. The third-order valence-electron chi connectivity index (χ3n) is 1.81. The first-order valence-electron chi connectivity index (χ1n) is 3.95. The van der Waals surface area contributed by atoms with Crippen molar-refractivity contribution in [1.82, 2.24) is 9.55 Å². The number of aryl methyl sites for hydroxylation is 1. The Hall–Kier alpha value is -0.540. The van der Waals surface area contributed by atoms with Crippen molar-refractivity contribution >= 4 is 11.6 Å². The highest BCUT2D eigenvalue weighted by Crippen LogP contribution is 2.14. The van der Waals surface area contributed by atoms with Gasteiger partial charge >= 0.3 is 0 Å². The summed E-state index contributed by atoms with van der Waals surface area (Å²) in [4.78, 5) is 3.94. The average Bonchev–Trinajstić information content (AvgIpc) is 2.28. The normalized spacial score (nSPS) is 13.3. The maximum Gasteiger partial charge on any atom is 0.150 e. The Labute approximate surface area is 77.0 Å². The second-order valence-electron chi connectivity index (χ2n) is 2.98. The van der Waals surface area contributed by atoms with Gasteiger partial charge in [-0.1, -0.05) is 11.6 Å². The summed E-state index contributed by atoms with van der Waals surface area (Å²) in [6, 6.07) is 0. The minimum atomic E-state index is -0.282. The number of hydrogen-bond acceptors (Lipinski definition) is 2. The predicted molar refractivity (Wildman–Crippen MR) is 48.2 cm³/mol. The van der Waals surface area contributed by atoms with E-state index in [9.17, 15) is 0 Å². The van der Waals surface area contributed by atoms with Crippen molar-refractivity contribution in [3.63, 3.8) is 0 Å². The van der Waals surface area contributed by atoms with E-state index in [4.69, 9.17) is 16.7 Å². The molecule has 0 saturated carbocycles. The summed E-state index contributed by atoms with van der Waals surface area (Å²) < 4.78 is 1.88. The van der Waals surface area contributed by atoms with Crippen LogP contribution in [0, 0.1) is 0 Å². The summed E-state index contributed by atoms with van der Waals surface area (Å²) in [6.45, 7) is 1.77. The molecule has 0 amide bonds. The number of aliphatic hydroxyl groups is 1. The lowest BCUT2D eigenvalue weighted by molar-refractivity contribution is 0.184. The van der Waals surface area contributed by atoms with E-state index in [0.29, 0.717) is 5.15 Å². The third-order valence-corrected chi connectivity index (χ3v) is 2.12. The monoisotopic (exact) mass is 188 g/mol. The second kappa shape index (κ2) is 3.92. The number of rotatable bonds is 3. The number of hydrogen-bond donors (Lipinski definition) is 1. The lowest BCUT2D eigenvalue weighted by Gasteiger charge is -2.04. The van der Waals surface area contributed by atoms with Crippen molar-refractivity contribution in [3.05, 3.63) is 17.2 Å². The van der Waals surface area contributed by atoms with E-state index in [1.54, 1.807) is 13.3 Å². The van der Waals surface area contributed by atoms with Crippen molar-refractivity contribution < 1.29 is 5.11 Å². The maximum atomic E-state index is 9.06. The van der Waals surface area contributed by atoms with Crippen LogP contribution in [0.15, 0.2) is 6.33 Å². The summed E-state index contributed by atoms with van der Waals surface area (Å²) in [5.74, 6) is 0. The quantitative estimate of drug-likeness (QED) is 0.779. The highest BCUT2D eigenvalue weighted by molar-refractivity contribution is 6.30. The topological polar surface area (TPSA) is 38.1 Å². The first-order valence-corrected chi connectivity index (χ1v) is 4.33. The van der Waals surface area contributed by atoms with Gasteiger partial charge in [-0.25, -0.2) is 4.98 Å². The summed E-state index contributed by atoms with van der Waals surface area (Å²) in [6.07, 6.45) is 2.89. The van der Waals surface area contributed by atoms with Gasteiger partial charge in [-0.3, -0.25) is 0 Å². The Bertz CT molecular complexity index is 238. The van der Waals surface area contributed by atoms with E-state index < -0.39 is 0 Å². The van der Waals surface area contributed by atoms with Crippen molar-refractivity contribution in [2.24, 2.45) is 7.05 Å².